The highest BCUT2D eigenvalue weighted by atomic mass is 16.4. The smallest absolute Gasteiger partial charge is 0.303 e. The van der Waals surface area contributed by atoms with Crippen molar-refractivity contribution in [3.63, 3.8) is 0 Å². The van der Waals surface area contributed by atoms with E-state index in [2.05, 4.69) is 10.6 Å². The Labute approximate surface area is 115 Å². The summed E-state index contributed by atoms with van der Waals surface area (Å²) in [6.45, 7) is 2.27. The Bertz CT molecular complexity index is 312. The van der Waals surface area contributed by atoms with Crippen LogP contribution in [0.4, 0.5) is 0 Å². The average molecular weight is 270 g/mol. The zero-order chi connectivity index (χ0) is 14.3. The van der Waals surface area contributed by atoms with E-state index in [9.17, 15) is 9.59 Å². The number of carbonyl (C=O) groups excluding carboxylic acids is 1. The summed E-state index contributed by atoms with van der Waals surface area (Å²) in [6.07, 6.45) is 6.26. The van der Waals surface area contributed by atoms with Crippen LogP contribution in [0.15, 0.2) is 0 Å². The number of hydrogen-bond acceptors (Lipinski definition) is 3. The molecule has 5 heteroatoms. The highest BCUT2D eigenvalue weighted by Gasteiger charge is 2.32. The maximum Gasteiger partial charge on any atom is 0.303 e. The second-order valence-corrected chi connectivity index (χ2v) is 5.77. The highest BCUT2D eigenvalue weighted by molar-refractivity contribution is 5.77. The Morgan fingerprint density at radius 2 is 1.89 bits per heavy atom. The molecule has 0 aromatic rings. The van der Waals surface area contributed by atoms with Gasteiger partial charge in [-0.25, -0.2) is 0 Å². The van der Waals surface area contributed by atoms with Gasteiger partial charge in [-0.05, 0) is 25.8 Å². The zero-order valence-electron chi connectivity index (χ0n) is 12.0. The van der Waals surface area contributed by atoms with Gasteiger partial charge in [0, 0.05) is 24.9 Å². The molecule has 1 atom stereocenters. The Balaban J connectivity index is 2.35. The maximum atomic E-state index is 12.0. The van der Waals surface area contributed by atoms with E-state index in [0.29, 0.717) is 13.0 Å². The van der Waals surface area contributed by atoms with Crippen molar-refractivity contribution in [2.24, 2.45) is 5.92 Å². The number of carbonyl (C=O) groups is 2. The number of aliphatic carboxylic acids is 1. The van der Waals surface area contributed by atoms with Gasteiger partial charge in [0.15, 0.2) is 0 Å². The second-order valence-electron chi connectivity index (χ2n) is 5.77. The summed E-state index contributed by atoms with van der Waals surface area (Å²) in [5.74, 6) is -0.826. The Morgan fingerprint density at radius 1 is 1.26 bits per heavy atom. The lowest BCUT2D eigenvalue weighted by Crippen LogP contribution is -2.48. The van der Waals surface area contributed by atoms with Gasteiger partial charge in [0.2, 0.25) is 5.91 Å². The van der Waals surface area contributed by atoms with Crippen LogP contribution < -0.4 is 10.6 Å². The lowest BCUT2D eigenvalue weighted by atomic mass is 9.79. The molecule has 3 N–H and O–H groups in total. The van der Waals surface area contributed by atoms with Crippen LogP contribution in [0.2, 0.25) is 0 Å². The first kappa shape index (κ1) is 16.0. The molecule has 1 unspecified atom stereocenters. The molecule has 1 saturated carbocycles. The van der Waals surface area contributed by atoms with Crippen LogP contribution in [0.25, 0.3) is 0 Å². The van der Waals surface area contributed by atoms with Crippen LogP contribution in [0.3, 0.4) is 0 Å². The number of rotatable bonds is 7. The average Bonchev–Trinajstić information content (AvgIpc) is 2.37. The monoisotopic (exact) mass is 270 g/mol. The normalized spacial score (nSPS) is 19.7. The maximum absolute atomic E-state index is 12.0. The molecule has 5 nitrogen and oxygen atoms in total. The number of carboxylic acids is 1. The largest absolute Gasteiger partial charge is 0.481 e. The van der Waals surface area contributed by atoms with E-state index in [0.717, 1.165) is 12.8 Å². The van der Waals surface area contributed by atoms with Gasteiger partial charge in [0.25, 0.3) is 0 Å². The summed E-state index contributed by atoms with van der Waals surface area (Å²) in [4.78, 5) is 22.5. The van der Waals surface area contributed by atoms with Crippen molar-refractivity contribution in [3.8, 4) is 0 Å². The third-order valence-electron chi connectivity index (χ3n) is 4.01. The first-order valence-corrected chi connectivity index (χ1v) is 7.15. The topological polar surface area (TPSA) is 78.4 Å². The van der Waals surface area contributed by atoms with Crippen LogP contribution in [0.5, 0.6) is 0 Å². The van der Waals surface area contributed by atoms with Crippen LogP contribution in [0, 0.1) is 5.92 Å². The highest BCUT2D eigenvalue weighted by Crippen LogP contribution is 2.30. The van der Waals surface area contributed by atoms with E-state index in [1.54, 1.807) is 0 Å². The van der Waals surface area contributed by atoms with Crippen LogP contribution >= 0.6 is 0 Å². The third-order valence-corrected chi connectivity index (χ3v) is 4.01. The van der Waals surface area contributed by atoms with Gasteiger partial charge in [0.1, 0.15) is 0 Å². The molecule has 0 saturated heterocycles. The molecule has 1 rings (SSSR count). The Hall–Kier alpha value is -1.10. The van der Waals surface area contributed by atoms with Gasteiger partial charge < -0.3 is 15.7 Å². The van der Waals surface area contributed by atoms with Gasteiger partial charge >= 0.3 is 5.97 Å². The van der Waals surface area contributed by atoms with Gasteiger partial charge in [-0.15, -0.1) is 0 Å². The first-order chi connectivity index (χ1) is 8.97. The summed E-state index contributed by atoms with van der Waals surface area (Å²) < 4.78 is 0. The van der Waals surface area contributed by atoms with E-state index in [4.69, 9.17) is 5.11 Å². The molecular formula is C14H26N2O3. The van der Waals surface area contributed by atoms with Gasteiger partial charge in [-0.2, -0.15) is 0 Å². The molecule has 1 fully saturated rings. The quantitative estimate of drug-likeness (QED) is 0.655. The summed E-state index contributed by atoms with van der Waals surface area (Å²) in [5.41, 5.74) is -0.0572. The minimum Gasteiger partial charge on any atom is -0.481 e. The minimum absolute atomic E-state index is 0.0217. The van der Waals surface area contributed by atoms with Crippen molar-refractivity contribution < 1.29 is 14.7 Å². The molecule has 0 radical (unpaired) electrons. The molecule has 0 spiro atoms. The van der Waals surface area contributed by atoms with Crippen molar-refractivity contribution in [1.82, 2.24) is 10.6 Å². The molecule has 0 bridgehead atoms. The fraction of sp³-hybridized carbons (Fsp3) is 0.857. The predicted octanol–water partition coefficient (Wildman–Crippen LogP) is 1.53. The number of hydrogen-bond donors (Lipinski definition) is 3. The molecule has 0 heterocycles. The number of nitrogens with one attached hydrogen (secondary N) is 2. The van der Waals surface area contributed by atoms with E-state index in [1.807, 2.05) is 14.0 Å². The molecule has 0 aromatic heterocycles. The molecule has 110 valence electrons. The summed E-state index contributed by atoms with van der Waals surface area (Å²) in [5, 5.41) is 14.8. The van der Waals surface area contributed by atoms with Crippen molar-refractivity contribution >= 4 is 11.9 Å². The van der Waals surface area contributed by atoms with Crippen LogP contribution in [-0.4, -0.2) is 36.1 Å². The number of carboxylic acid groups (broad SMARTS) is 1. The van der Waals surface area contributed by atoms with Crippen molar-refractivity contribution in [3.05, 3.63) is 0 Å². The van der Waals surface area contributed by atoms with Gasteiger partial charge in [0.05, 0.1) is 0 Å². The summed E-state index contributed by atoms with van der Waals surface area (Å²) >= 11 is 0. The van der Waals surface area contributed by atoms with Crippen molar-refractivity contribution in [2.45, 2.75) is 57.4 Å². The van der Waals surface area contributed by atoms with E-state index in [-0.39, 0.29) is 23.8 Å². The van der Waals surface area contributed by atoms with Crippen molar-refractivity contribution in [1.29, 1.82) is 0 Å². The van der Waals surface area contributed by atoms with E-state index < -0.39 is 5.97 Å². The Morgan fingerprint density at radius 3 is 2.42 bits per heavy atom. The lowest BCUT2D eigenvalue weighted by Gasteiger charge is -2.36. The Kier molecular flexibility index (Phi) is 6.28. The molecular weight excluding hydrogens is 244 g/mol. The predicted molar refractivity (Wildman–Crippen MR) is 73.9 cm³/mol. The fourth-order valence-electron chi connectivity index (χ4n) is 2.77. The standard InChI is InChI=1S/C14H26N2O3/c1-11(8-13(18)19)10-16-12(17)9-14(15-2)6-4-3-5-7-14/h11,15H,3-10H2,1-2H3,(H,16,17)(H,18,19). The zero-order valence-corrected chi connectivity index (χ0v) is 12.0. The SMILES string of the molecule is CNC1(CC(=O)NCC(C)CC(=O)O)CCCCC1. The van der Waals surface area contributed by atoms with Crippen molar-refractivity contribution in [2.75, 3.05) is 13.6 Å². The lowest BCUT2D eigenvalue weighted by molar-refractivity contribution is -0.138. The van der Waals surface area contributed by atoms with Crippen LogP contribution in [0.1, 0.15) is 51.9 Å². The first-order valence-electron chi connectivity index (χ1n) is 7.15. The molecule has 1 aliphatic carbocycles. The van der Waals surface area contributed by atoms with Gasteiger partial charge in [-0.3, -0.25) is 9.59 Å². The fourth-order valence-corrected chi connectivity index (χ4v) is 2.77. The van der Waals surface area contributed by atoms with Crippen LogP contribution in [-0.2, 0) is 9.59 Å². The molecule has 0 aliphatic heterocycles. The molecule has 19 heavy (non-hydrogen) atoms. The third kappa shape index (κ3) is 5.59. The molecule has 1 aliphatic rings. The summed E-state index contributed by atoms with van der Waals surface area (Å²) in [6, 6.07) is 0. The molecule has 0 aromatic carbocycles. The second kappa shape index (κ2) is 7.48. The van der Waals surface area contributed by atoms with E-state index in [1.165, 1.54) is 19.3 Å². The summed E-state index contributed by atoms with van der Waals surface area (Å²) in [7, 11) is 1.92. The van der Waals surface area contributed by atoms with Gasteiger partial charge in [-0.1, -0.05) is 26.2 Å². The minimum atomic E-state index is -0.819. The number of amides is 1. The molecule has 1 amide bonds. The van der Waals surface area contributed by atoms with E-state index >= 15 is 0 Å².